The van der Waals surface area contributed by atoms with Gasteiger partial charge in [0.2, 0.25) is 0 Å². The van der Waals surface area contributed by atoms with Crippen LogP contribution in [0.25, 0.3) is 0 Å². The lowest BCUT2D eigenvalue weighted by molar-refractivity contribution is -0.0877. The largest absolute Gasteiger partial charge is 0.356 e. The Morgan fingerprint density at radius 3 is 1.43 bits per heavy atom. The fraction of sp³-hybridized carbons (Fsp3) is 1.00. The van der Waals surface area contributed by atoms with Gasteiger partial charge in [-0.1, -0.05) is 0 Å². The van der Waals surface area contributed by atoms with Crippen molar-refractivity contribution in [1.82, 2.24) is 0 Å². The van der Waals surface area contributed by atoms with Crippen LogP contribution in [-0.4, -0.2) is 20.5 Å². The van der Waals surface area contributed by atoms with Gasteiger partial charge in [0.15, 0.2) is 6.29 Å². The first kappa shape index (κ1) is 10.2. The number of hydrogen-bond acceptors (Lipinski definition) is 2. The van der Waals surface area contributed by atoms with Crippen LogP contribution in [0.15, 0.2) is 0 Å². The number of halogens is 1. The first-order chi connectivity index (χ1) is 2.81. The Kier molecular flexibility index (Phi) is 9.09. The summed E-state index contributed by atoms with van der Waals surface area (Å²) in [6.07, 6.45) is -0.0648. The van der Waals surface area contributed by atoms with E-state index in [9.17, 15) is 0 Å². The highest BCUT2D eigenvalue weighted by Gasteiger charge is 1.87. The van der Waals surface area contributed by atoms with E-state index in [1.807, 2.05) is 6.92 Å². The highest BCUT2D eigenvalue weighted by molar-refractivity contribution is 5.85. The number of hydrogen-bond donors (Lipinski definition) is 0. The quantitative estimate of drug-likeness (QED) is 0.515. The van der Waals surface area contributed by atoms with E-state index >= 15 is 0 Å². The van der Waals surface area contributed by atoms with Crippen molar-refractivity contribution < 1.29 is 9.47 Å². The lowest BCUT2D eigenvalue weighted by Gasteiger charge is -2.03. The van der Waals surface area contributed by atoms with Crippen LogP contribution >= 0.6 is 12.4 Å². The summed E-state index contributed by atoms with van der Waals surface area (Å²) >= 11 is 0. The molecule has 0 spiro atoms. The van der Waals surface area contributed by atoms with E-state index in [1.54, 1.807) is 14.2 Å². The summed E-state index contributed by atoms with van der Waals surface area (Å²) in [6.45, 7) is 1.83. The average molecular weight is 127 g/mol. The van der Waals surface area contributed by atoms with E-state index in [1.165, 1.54) is 0 Å². The third-order valence-corrected chi connectivity index (χ3v) is 0.664. The Bertz CT molecular complexity index is 28.9. The molecular formula is C4H11ClO2. The van der Waals surface area contributed by atoms with E-state index in [4.69, 9.17) is 0 Å². The van der Waals surface area contributed by atoms with Gasteiger partial charge in [-0.15, -0.1) is 12.4 Å². The minimum Gasteiger partial charge on any atom is -0.356 e. The summed E-state index contributed by atoms with van der Waals surface area (Å²) in [5.74, 6) is 0. The molecule has 0 radical (unpaired) electrons. The first-order valence-electron chi connectivity index (χ1n) is 1.87. The molecule has 0 rings (SSSR count). The predicted octanol–water partition coefficient (Wildman–Crippen LogP) is 1.05. The van der Waals surface area contributed by atoms with Crippen LogP contribution in [0.5, 0.6) is 0 Å². The number of ether oxygens (including phenoxy) is 2. The Balaban J connectivity index is 0. The molecular weight excluding hydrogens is 115 g/mol. The second-order valence-electron chi connectivity index (χ2n) is 1.04. The first-order valence-corrected chi connectivity index (χ1v) is 1.87. The van der Waals surface area contributed by atoms with Gasteiger partial charge in [0.1, 0.15) is 0 Å². The number of methoxy groups -OCH3 is 2. The normalized spacial score (nSPS) is 8.57. The van der Waals surface area contributed by atoms with Crippen molar-refractivity contribution >= 4 is 12.4 Å². The molecule has 0 unspecified atom stereocenters. The van der Waals surface area contributed by atoms with Crippen molar-refractivity contribution in [3.63, 3.8) is 0 Å². The summed E-state index contributed by atoms with van der Waals surface area (Å²) < 4.78 is 9.35. The van der Waals surface area contributed by atoms with Gasteiger partial charge in [-0.25, -0.2) is 0 Å². The summed E-state index contributed by atoms with van der Waals surface area (Å²) in [4.78, 5) is 0. The van der Waals surface area contributed by atoms with Crippen LogP contribution in [-0.2, 0) is 9.47 Å². The standard InChI is InChI=1S/C4H10O2.ClH/c1-4(5-2)6-3;/h4H,1-3H3;1H. The van der Waals surface area contributed by atoms with Gasteiger partial charge < -0.3 is 9.47 Å². The average Bonchev–Trinajstić information content (AvgIpc) is 1.65. The van der Waals surface area contributed by atoms with Crippen molar-refractivity contribution in [2.45, 2.75) is 13.2 Å². The van der Waals surface area contributed by atoms with Crippen LogP contribution in [0.2, 0.25) is 0 Å². The third kappa shape index (κ3) is 6.21. The fourth-order valence-corrected chi connectivity index (χ4v) is 0.0962. The zero-order valence-corrected chi connectivity index (χ0v) is 5.62. The van der Waals surface area contributed by atoms with Crippen molar-refractivity contribution in [3.8, 4) is 0 Å². The van der Waals surface area contributed by atoms with Crippen LogP contribution in [0, 0.1) is 0 Å². The maximum atomic E-state index is 4.68. The molecule has 0 heterocycles. The maximum Gasteiger partial charge on any atom is 0.154 e. The molecule has 0 atom stereocenters. The topological polar surface area (TPSA) is 18.5 Å². The lowest BCUT2D eigenvalue weighted by atomic mass is 10.8. The van der Waals surface area contributed by atoms with Gasteiger partial charge in [-0.05, 0) is 6.92 Å². The highest BCUT2D eigenvalue weighted by atomic mass is 35.5. The van der Waals surface area contributed by atoms with E-state index < -0.39 is 0 Å². The van der Waals surface area contributed by atoms with E-state index in [2.05, 4.69) is 9.47 Å². The molecule has 0 amide bonds. The van der Waals surface area contributed by atoms with Gasteiger partial charge in [-0.2, -0.15) is 0 Å². The molecule has 0 aromatic rings. The van der Waals surface area contributed by atoms with E-state index in [0.29, 0.717) is 0 Å². The summed E-state index contributed by atoms with van der Waals surface area (Å²) in [6, 6.07) is 0. The summed E-state index contributed by atoms with van der Waals surface area (Å²) in [5, 5.41) is 0. The predicted molar refractivity (Wildman–Crippen MR) is 30.7 cm³/mol. The van der Waals surface area contributed by atoms with E-state index in [-0.39, 0.29) is 18.7 Å². The minimum absolute atomic E-state index is 0. The Hall–Kier alpha value is 0.210. The smallest absolute Gasteiger partial charge is 0.154 e. The molecule has 7 heavy (non-hydrogen) atoms. The van der Waals surface area contributed by atoms with Gasteiger partial charge in [0, 0.05) is 14.2 Å². The molecule has 0 saturated carbocycles. The molecule has 46 valence electrons. The number of rotatable bonds is 2. The molecule has 3 heteroatoms. The second kappa shape index (κ2) is 6.21. The van der Waals surface area contributed by atoms with Crippen molar-refractivity contribution in [3.05, 3.63) is 0 Å². The Morgan fingerprint density at radius 1 is 1.14 bits per heavy atom. The SMILES string of the molecule is COC(C)OC.Cl. The molecule has 0 saturated heterocycles. The van der Waals surface area contributed by atoms with Crippen molar-refractivity contribution in [1.29, 1.82) is 0 Å². The molecule has 0 aliphatic carbocycles. The molecule has 2 nitrogen and oxygen atoms in total. The molecule has 0 N–H and O–H groups in total. The molecule has 0 aromatic heterocycles. The van der Waals surface area contributed by atoms with Gasteiger partial charge >= 0.3 is 0 Å². The molecule has 0 fully saturated rings. The highest BCUT2D eigenvalue weighted by Crippen LogP contribution is 1.82. The van der Waals surface area contributed by atoms with Crippen molar-refractivity contribution in [2.24, 2.45) is 0 Å². The van der Waals surface area contributed by atoms with Crippen molar-refractivity contribution in [2.75, 3.05) is 14.2 Å². The summed E-state index contributed by atoms with van der Waals surface area (Å²) in [7, 11) is 3.21. The maximum absolute atomic E-state index is 4.68. The van der Waals surface area contributed by atoms with Crippen LogP contribution < -0.4 is 0 Å². The fourth-order valence-electron chi connectivity index (χ4n) is 0.0962. The van der Waals surface area contributed by atoms with Crippen LogP contribution in [0.3, 0.4) is 0 Å². The van der Waals surface area contributed by atoms with Crippen LogP contribution in [0.1, 0.15) is 6.92 Å². The second-order valence-corrected chi connectivity index (χ2v) is 1.04. The van der Waals surface area contributed by atoms with Gasteiger partial charge in [0.05, 0.1) is 0 Å². The molecule has 0 aliphatic rings. The third-order valence-electron chi connectivity index (χ3n) is 0.664. The Morgan fingerprint density at radius 2 is 1.43 bits per heavy atom. The summed E-state index contributed by atoms with van der Waals surface area (Å²) in [5.41, 5.74) is 0. The van der Waals surface area contributed by atoms with Gasteiger partial charge in [-0.3, -0.25) is 0 Å². The van der Waals surface area contributed by atoms with Crippen LogP contribution in [0.4, 0.5) is 0 Å². The van der Waals surface area contributed by atoms with E-state index in [0.717, 1.165) is 0 Å². The monoisotopic (exact) mass is 126 g/mol. The zero-order valence-electron chi connectivity index (χ0n) is 4.80. The van der Waals surface area contributed by atoms with Gasteiger partial charge in [0.25, 0.3) is 0 Å². The lowest BCUT2D eigenvalue weighted by Crippen LogP contribution is -2.05. The molecule has 0 aliphatic heterocycles. The molecule has 0 aromatic carbocycles. The Labute approximate surface area is 50.2 Å². The molecule has 0 bridgehead atoms. The zero-order chi connectivity index (χ0) is 4.99. The minimum atomic E-state index is -0.0648.